The van der Waals surface area contributed by atoms with Crippen LogP contribution in [-0.2, 0) is 12.8 Å². The van der Waals surface area contributed by atoms with Crippen LogP contribution in [0.25, 0.3) is 0 Å². The molecular weight excluding hydrogens is 158 g/mol. The Hall–Kier alpha value is -0.820. The molecule has 70 valence electrons. The van der Waals surface area contributed by atoms with Gasteiger partial charge in [-0.25, -0.2) is 0 Å². The van der Waals surface area contributed by atoms with Gasteiger partial charge in [-0.05, 0) is 37.3 Å². The Bertz CT molecular complexity index is 291. The highest BCUT2D eigenvalue weighted by Gasteiger charge is 2.22. The molecule has 0 radical (unpaired) electrons. The van der Waals surface area contributed by atoms with Crippen molar-refractivity contribution in [3.63, 3.8) is 0 Å². The van der Waals surface area contributed by atoms with E-state index >= 15 is 0 Å². The first-order valence-corrected chi connectivity index (χ1v) is 5.17. The summed E-state index contributed by atoms with van der Waals surface area (Å²) in [4.78, 5) is 0. The quantitative estimate of drug-likeness (QED) is 0.670. The second-order valence-corrected chi connectivity index (χ2v) is 4.25. The molecule has 0 bridgehead atoms. The summed E-state index contributed by atoms with van der Waals surface area (Å²) in [5, 5.41) is 0. The van der Waals surface area contributed by atoms with Crippen molar-refractivity contribution >= 4 is 0 Å². The number of quaternary nitrogens is 1. The monoisotopic (exact) mass is 176 g/mol. The summed E-state index contributed by atoms with van der Waals surface area (Å²) < 4.78 is 0. The van der Waals surface area contributed by atoms with E-state index in [1.165, 1.54) is 19.3 Å². The van der Waals surface area contributed by atoms with Gasteiger partial charge < -0.3 is 5.73 Å². The van der Waals surface area contributed by atoms with Gasteiger partial charge in [-0.15, -0.1) is 0 Å². The second kappa shape index (κ2) is 3.51. The smallest absolute Gasteiger partial charge is 0.0846 e. The van der Waals surface area contributed by atoms with Crippen LogP contribution in [0, 0.1) is 5.92 Å². The lowest BCUT2D eigenvalue weighted by Crippen LogP contribution is -2.63. The molecule has 2 rings (SSSR count). The van der Waals surface area contributed by atoms with Gasteiger partial charge in [0, 0.05) is 5.92 Å². The predicted molar refractivity (Wildman–Crippen MR) is 54.3 cm³/mol. The predicted octanol–water partition coefficient (Wildman–Crippen LogP) is 1.42. The molecule has 1 heteroatoms. The van der Waals surface area contributed by atoms with E-state index in [0.29, 0.717) is 6.04 Å². The average Bonchev–Trinajstić information content (AvgIpc) is 2.17. The zero-order valence-corrected chi connectivity index (χ0v) is 8.29. The van der Waals surface area contributed by atoms with Crippen molar-refractivity contribution in [2.75, 3.05) is 0 Å². The highest BCUT2D eigenvalue weighted by Crippen LogP contribution is 2.26. The fourth-order valence-electron chi connectivity index (χ4n) is 2.21. The van der Waals surface area contributed by atoms with Crippen molar-refractivity contribution in [3.8, 4) is 0 Å². The van der Waals surface area contributed by atoms with Gasteiger partial charge in [0.25, 0.3) is 0 Å². The van der Waals surface area contributed by atoms with Gasteiger partial charge in [0.15, 0.2) is 0 Å². The second-order valence-electron chi connectivity index (χ2n) is 4.25. The maximum absolute atomic E-state index is 4.14. The van der Waals surface area contributed by atoms with E-state index in [2.05, 4.69) is 36.9 Å². The Labute approximate surface area is 80.0 Å². The SMILES string of the molecule is CC([NH3+])C1CCc2ccccc2C1. The van der Waals surface area contributed by atoms with Gasteiger partial charge in [0.1, 0.15) is 0 Å². The summed E-state index contributed by atoms with van der Waals surface area (Å²) in [6.07, 6.45) is 3.81. The molecule has 0 fully saturated rings. The van der Waals surface area contributed by atoms with E-state index in [9.17, 15) is 0 Å². The third-order valence-electron chi connectivity index (χ3n) is 3.19. The lowest BCUT2D eigenvalue weighted by molar-refractivity contribution is -0.427. The standard InChI is InChI=1S/C12H17N/c1-9(13)11-7-6-10-4-2-3-5-12(10)8-11/h2-5,9,11H,6-8,13H2,1H3/p+1. The molecule has 0 saturated carbocycles. The van der Waals surface area contributed by atoms with Crippen molar-refractivity contribution in [2.24, 2.45) is 5.92 Å². The molecule has 0 amide bonds. The fourth-order valence-corrected chi connectivity index (χ4v) is 2.21. The minimum absolute atomic E-state index is 0.591. The first kappa shape index (κ1) is 8.76. The summed E-state index contributed by atoms with van der Waals surface area (Å²) in [7, 11) is 0. The molecule has 1 aromatic rings. The molecule has 0 spiro atoms. The Balaban J connectivity index is 2.20. The largest absolute Gasteiger partial charge is 0.355 e. The van der Waals surface area contributed by atoms with E-state index in [1.807, 2.05) is 0 Å². The molecule has 0 aliphatic heterocycles. The van der Waals surface area contributed by atoms with Crippen molar-refractivity contribution in [2.45, 2.75) is 32.2 Å². The summed E-state index contributed by atoms with van der Waals surface area (Å²) in [5.74, 6) is 0.801. The van der Waals surface area contributed by atoms with Crippen LogP contribution in [0.5, 0.6) is 0 Å². The number of hydrogen-bond acceptors (Lipinski definition) is 0. The number of aryl methyl sites for hydroxylation is 1. The lowest BCUT2D eigenvalue weighted by Gasteiger charge is -2.25. The molecule has 1 aliphatic carbocycles. The van der Waals surface area contributed by atoms with Crippen LogP contribution in [0.1, 0.15) is 24.5 Å². The van der Waals surface area contributed by atoms with Gasteiger partial charge in [0.05, 0.1) is 6.04 Å². The minimum atomic E-state index is 0.591. The van der Waals surface area contributed by atoms with Crippen LogP contribution < -0.4 is 5.73 Å². The molecule has 1 aromatic carbocycles. The Kier molecular flexibility index (Phi) is 2.36. The van der Waals surface area contributed by atoms with Crippen molar-refractivity contribution < 1.29 is 5.73 Å². The van der Waals surface area contributed by atoms with Crippen LogP contribution in [0.15, 0.2) is 24.3 Å². The number of rotatable bonds is 1. The summed E-state index contributed by atoms with van der Waals surface area (Å²) in [6, 6.07) is 9.42. The Morgan fingerprint density at radius 1 is 1.31 bits per heavy atom. The highest BCUT2D eigenvalue weighted by molar-refractivity contribution is 5.29. The Morgan fingerprint density at radius 2 is 2.00 bits per heavy atom. The molecule has 0 saturated heterocycles. The molecule has 13 heavy (non-hydrogen) atoms. The number of hydrogen-bond donors (Lipinski definition) is 1. The minimum Gasteiger partial charge on any atom is -0.355 e. The lowest BCUT2D eigenvalue weighted by atomic mass is 9.81. The molecular formula is C12H18N+. The third kappa shape index (κ3) is 1.75. The van der Waals surface area contributed by atoms with Crippen molar-refractivity contribution in [1.82, 2.24) is 0 Å². The summed E-state index contributed by atoms with van der Waals surface area (Å²) in [5.41, 5.74) is 7.24. The van der Waals surface area contributed by atoms with Gasteiger partial charge in [-0.1, -0.05) is 24.3 Å². The maximum atomic E-state index is 4.14. The zero-order chi connectivity index (χ0) is 9.26. The fraction of sp³-hybridized carbons (Fsp3) is 0.500. The van der Waals surface area contributed by atoms with Gasteiger partial charge in [0.2, 0.25) is 0 Å². The topological polar surface area (TPSA) is 27.6 Å². The van der Waals surface area contributed by atoms with Crippen molar-refractivity contribution in [3.05, 3.63) is 35.4 Å². The maximum Gasteiger partial charge on any atom is 0.0846 e. The Morgan fingerprint density at radius 3 is 2.69 bits per heavy atom. The van der Waals surface area contributed by atoms with Crippen LogP contribution >= 0.6 is 0 Å². The van der Waals surface area contributed by atoms with Crippen LogP contribution in [0.3, 0.4) is 0 Å². The molecule has 2 atom stereocenters. The van der Waals surface area contributed by atoms with Gasteiger partial charge >= 0.3 is 0 Å². The van der Waals surface area contributed by atoms with Gasteiger partial charge in [-0.2, -0.15) is 0 Å². The average molecular weight is 176 g/mol. The van der Waals surface area contributed by atoms with E-state index in [4.69, 9.17) is 0 Å². The molecule has 1 nitrogen and oxygen atoms in total. The number of benzene rings is 1. The third-order valence-corrected chi connectivity index (χ3v) is 3.19. The normalized spacial score (nSPS) is 23.7. The molecule has 1 aliphatic rings. The van der Waals surface area contributed by atoms with E-state index < -0.39 is 0 Å². The van der Waals surface area contributed by atoms with Gasteiger partial charge in [-0.3, -0.25) is 0 Å². The molecule has 0 heterocycles. The van der Waals surface area contributed by atoms with E-state index in [0.717, 1.165) is 5.92 Å². The van der Waals surface area contributed by atoms with Crippen LogP contribution in [0.4, 0.5) is 0 Å². The van der Waals surface area contributed by atoms with Crippen LogP contribution in [-0.4, -0.2) is 6.04 Å². The molecule has 2 unspecified atom stereocenters. The first-order valence-electron chi connectivity index (χ1n) is 5.17. The first-order chi connectivity index (χ1) is 6.27. The highest BCUT2D eigenvalue weighted by atomic mass is 14.6. The van der Waals surface area contributed by atoms with E-state index in [-0.39, 0.29) is 0 Å². The molecule has 3 N–H and O–H groups in total. The van der Waals surface area contributed by atoms with Crippen LogP contribution in [0.2, 0.25) is 0 Å². The van der Waals surface area contributed by atoms with E-state index in [1.54, 1.807) is 11.1 Å². The number of fused-ring (bicyclic) bond motifs is 1. The molecule has 0 aromatic heterocycles. The van der Waals surface area contributed by atoms with Crippen molar-refractivity contribution in [1.29, 1.82) is 0 Å². The zero-order valence-electron chi connectivity index (χ0n) is 8.29. The summed E-state index contributed by atoms with van der Waals surface area (Å²) >= 11 is 0. The summed E-state index contributed by atoms with van der Waals surface area (Å²) in [6.45, 7) is 2.23.